The Bertz CT molecular complexity index is 790. The molecule has 2 aromatic rings. The maximum atomic E-state index is 12.5. The Hall–Kier alpha value is -2.34. The summed E-state index contributed by atoms with van der Waals surface area (Å²) in [5.41, 5.74) is 2.10. The van der Waals surface area contributed by atoms with Crippen LogP contribution in [0, 0.1) is 6.92 Å². The van der Waals surface area contributed by atoms with E-state index in [9.17, 15) is 4.79 Å². The quantitative estimate of drug-likeness (QED) is 0.813. The summed E-state index contributed by atoms with van der Waals surface area (Å²) in [5.74, 6) is 0.777. The van der Waals surface area contributed by atoms with E-state index in [2.05, 4.69) is 50.6 Å². The zero-order valence-electron chi connectivity index (χ0n) is 17.4. The Labute approximate surface area is 173 Å². The number of hydrogen-bond acceptors (Lipinski definition) is 5. The van der Waals surface area contributed by atoms with E-state index in [1.165, 1.54) is 37.8 Å². The number of carbonyl (C=O) groups excluding carboxylic acids is 1. The molecule has 0 spiro atoms. The van der Waals surface area contributed by atoms with Crippen molar-refractivity contribution in [2.24, 2.45) is 0 Å². The molecule has 1 aromatic heterocycles. The minimum absolute atomic E-state index is 0.0335. The third kappa shape index (κ3) is 4.81. The second kappa shape index (κ2) is 8.99. The average Bonchev–Trinajstić information content (AvgIpc) is 3.18. The van der Waals surface area contributed by atoms with Gasteiger partial charge in [0, 0.05) is 50.0 Å². The summed E-state index contributed by atoms with van der Waals surface area (Å²) < 4.78 is 5.08. The molecule has 2 heterocycles. The van der Waals surface area contributed by atoms with Gasteiger partial charge < -0.3 is 14.7 Å². The molecule has 1 N–H and O–H groups in total. The van der Waals surface area contributed by atoms with Crippen molar-refractivity contribution in [3.05, 3.63) is 47.9 Å². The van der Waals surface area contributed by atoms with Crippen LogP contribution in [0.2, 0.25) is 0 Å². The third-order valence-corrected chi connectivity index (χ3v) is 6.49. The summed E-state index contributed by atoms with van der Waals surface area (Å²) in [6, 6.07) is 12.5. The van der Waals surface area contributed by atoms with E-state index in [1.54, 1.807) is 0 Å². The summed E-state index contributed by atoms with van der Waals surface area (Å²) in [5, 5.41) is 7.16. The molecule has 0 unspecified atom stereocenters. The van der Waals surface area contributed by atoms with E-state index in [4.69, 9.17) is 4.52 Å². The van der Waals surface area contributed by atoms with Crippen molar-refractivity contribution in [2.45, 2.75) is 51.0 Å². The molecule has 0 atom stereocenters. The van der Waals surface area contributed by atoms with Crippen molar-refractivity contribution >= 4 is 11.6 Å². The number of carbonyl (C=O) groups is 1. The van der Waals surface area contributed by atoms with Gasteiger partial charge in [-0.1, -0.05) is 42.6 Å². The number of aryl methyl sites for hydroxylation is 1. The Morgan fingerprint density at radius 3 is 2.48 bits per heavy atom. The third-order valence-electron chi connectivity index (χ3n) is 6.49. The van der Waals surface area contributed by atoms with Gasteiger partial charge in [0.25, 0.3) is 0 Å². The molecule has 2 aliphatic rings. The topological polar surface area (TPSA) is 61.6 Å². The number of piperazine rings is 1. The number of rotatable bonds is 6. The van der Waals surface area contributed by atoms with Crippen LogP contribution in [0.4, 0.5) is 5.69 Å². The molecule has 1 aromatic carbocycles. The first kappa shape index (κ1) is 20.0. The lowest BCUT2D eigenvalue weighted by molar-refractivity contribution is -0.121. The molecule has 29 heavy (non-hydrogen) atoms. The molecule has 0 bridgehead atoms. The number of aromatic nitrogens is 1. The molecule has 4 rings (SSSR count). The molecular formula is C23H32N4O2. The van der Waals surface area contributed by atoms with Crippen molar-refractivity contribution in [2.75, 3.05) is 37.6 Å². The number of nitrogens with one attached hydrogen (secondary N) is 1. The SMILES string of the molecule is Cc1cc(CC(=O)NCC2(N3CCN(c4ccccc4)CC3)CCCCC2)no1. The fraction of sp³-hybridized carbons (Fsp3) is 0.565. The summed E-state index contributed by atoms with van der Waals surface area (Å²) in [4.78, 5) is 17.6. The van der Waals surface area contributed by atoms with Crippen LogP contribution >= 0.6 is 0 Å². The molecule has 6 heteroatoms. The van der Waals surface area contributed by atoms with Crippen LogP contribution in [0.25, 0.3) is 0 Å². The van der Waals surface area contributed by atoms with E-state index in [1.807, 2.05) is 13.0 Å². The van der Waals surface area contributed by atoms with E-state index in [0.717, 1.165) is 38.5 Å². The van der Waals surface area contributed by atoms with Crippen molar-refractivity contribution in [1.29, 1.82) is 0 Å². The van der Waals surface area contributed by atoms with Crippen molar-refractivity contribution in [3.63, 3.8) is 0 Å². The largest absolute Gasteiger partial charge is 0.369 e. The highest BCUT2D eigenvalue weighted by atomic mass is 16.5. The van der Waals surface area contributed by atoms with Gasteiger partial charge in [-0.05, 0) is 31.9 Å². The number of nitrogens with zero attached hydrogens (tertiary/aromatic N) is 3. The van der Waals surface area contributed by atoms with Crippen molar-refractivity contribution in [3.8, 4) is 0 Å². The zero-order chi connectivity index (χ0) is 20.1. The van der Waals surface area contributed by atoms with E-state index < -0.39 is 0 Å². The van der Waals surface area contributed by atoms with Crippen LogP contribution in [-0.4, -0.2) is 54.2 Å². The molecule has 1 aliphatic carbocycles. The molecule has 6 nitrogen and oxygen atoms in total. The summed E-state index contributed by atoms with van der Waals surface area (Å²) in [6.45, 7) is 6.75. The number of amides is 1. The highest BCUT2D eigenvalue weighted by Gasteiger charge is 2.39. The van der Waals surface area contributed by atoms with Gasteiger partial charge in [0.1, 0.15) is 5.76 Å². The molecule has 0 radical (unpaired) electrons. The fourth-order valence-electron chi connectivity index (χ4n) is 4.88. The predicted molar refractivity (Wildman–Crippen MR) is 114 cm³/mol. The Morgan fingerprint density at radius 1 is 1.10 bits per heavy atom. The average molecular weight is 397 g/mol. The molecule has 1 saturated carbocycles. The van der Waals surface area contributed by atoms with Crippen LogP contribution in [0.3, 0.4) is 0 Å². The summed E-state index contributed by atoms with van der Waals surface area (Å²) in [7, 11) is 0. The van der Waals surface area contributed by atoms with Gasteiger partial charge in [0.15, 0.2) is 0 Å². The maximum absolute atomic E-state index is 12.5. The first-order valence-electron chi connectivity index (χ1n) is 10.9. The molecule has 156 valence electrons. The first-order valence-corrected chi connectivity index (χ1v) is 10.9. The lowest BCUT2D eigenvalue weighted by Crippen LogP contribution is -2.62. The normalized spacial score (nSPS) is 19.8. The van der Waals surface area contributed by atoms with Gasteiger partial charge in [-0.2, -0.15) is 0 Å². The van der Waals surface area contributed by atoms with E-state index in [-0.39, 0.29) is 17.9 Å². The standard InChI is InChI=1S/C23H32N4O2/c1-19-16-20(25-29-19)17-22(28)24-18-23(10-6-3-7-11-23)27-14-12-26(13-15-27)21-8-4-2-5-9-21/h2,4-5,8-9,16H,3,6-7,10-15,17-18H2,1H3,(H,24,28). The molecule has 2 fully saturated rings. The number of benzene rings is 1. The van der Waals surface area contributed by atoms with Gasteiger partial charge in [0.2, 0.25) is 5.91 Å². The molecule has 1 aliphatic heterocycles. The Balaban J connectivity index is 1.36. The highest BCUT2D eigenvalue weighted by molar-refractivity contribution is 5.78. The summed E-state index contributed by atoms with van der Waals surface area (Å²) >= 11 is 0. The van der Waals surface area contributed by atoms with Crippen LogP contribution in [-0.2, 0) is 11.2 Å². The van der Waals surface area contributed by atoms with Crippen LogP contribution < -0.4 is 10.2 Å². The first-order chi connectivity index (χ1) is 14.1. The second-order valence-corrected chi connectivity index (χ2v) is 8.48. The van der Waals surface area contributed by atoms with Crippen molar-refractivity contribution in [1.82, 2.24) is 15.4 Å². The van der Waals surface area contributed by atoms with Gasteiger partial charge in [-0.3, -0.25) is 9.69 Å². The van der Waals surface area contributed by atoms with E-state index in [0.29, 0.717) is 5.69 Å². The van der Waals surface area contributed by atoms with Gasteiger partial charge in [-0.25, -0.2) is 0 Å². The van der Waals surface area contributed by atoms with Gasteiger partial charge in [-0.15, -0.1) is 0 Å². The lowest BCUT2D eigenvalue weighted by Gasteiger charge is -2.50. The zero-order valence-corrected chi connectivity index (χ0v) is 17.4. The van der Waals surface area contributed by atoms with Gasteiger partial charge in [0.05, 0.1) is 12.1 Å². The fourth-order valence-corrected chi connectivity index (χ4v) is 4.88. The number of anilines is 1. The second-order valence-electron chi connectivity index (χ2n) is 8.48. The number of hydrogen-bond donors (Lipinski definition) is 1. The smallest absolute Gasteiger partial charge is 0.226 e. The molecular weight excluding hydrogens is 364 g/mol. The Morgan fingerprint density at radius 2 is 1.83 bits per heavy atom. The predicted octanol–water partition coefficient (Wildman–Crippen LogP) is 3.17. The van der Waals surface area contributed by atoms with Gasteiger partial charge >= 0.3 is 0 Å². The van der Waals surface area contributed by atoms with E-state index >= 15 is 0 Å². The van der Waals surface area contributed by atoms with Crippen LogP contribution in [0.15, 0.2) is 40.9 Å². The Kier molecular flexibility index (Phi) is 6.19. The van der Waals surface area contributed by atoms with Crippen molar-refractivity contribution < 1.29 is 9.32 Å². The lowest BCUT2D eigenvalue weighted by atomic mass is 9.79. The monoisotopic (exact) mass is 396 g/mol. The molecule has 1 amide bonds. The summed E-state index contributed by atoms with van der Waals surface area (Å²) in [6.07, 6.45) is 6.42. The van der Waals surface area contributed by atoms with Crippen LogP contribution in [0.1, 0.15) is 43.6 Å². The highest BCUT2D eigenvalue weighted by Crippen LogP contribution is 2.34. The minimum Gasteiger partial charge on any atom is -0.369 e. The molecule has 1 saturated heterocycles. The maximum Gasteiger partial charge on any atom is 0.226 e. The minimum atomic E-state index is 0.0335. The van der Waals surface area contributed by atoms with Crippen LogP contribution in [0.5, 0.6) is 0 Å². The number of para-hydroxylation sites is 1.